The number of hydrogen-bond donors (Lipinski definition) is 2. The zero-order chi connectivity index (χ0) is 18.3. The maximum atomic E-state index is 11.7. The first kappa shape index (κ1) is 18.9. The van der Waals surface area contributed by atoms with Gasteiger partial charge in [0, 0.05) is 44.7 Å². The van der Waals surface area contributed by atoms with Crippen LogP contribution in [0.4, 0.5) is 0 Å². The molecule has 6 nitrogen and oxygen atoms in total. The summed E-state index contributed by atoms with van der Waals surface area (Å²) in [7, 11) is -1.47. The lowest BCUT2D eigenvalue weighted by atomic mass is 10.1. The van der Waals surface area contributed by atoms with E-state index in [-0.39, 0.29) is 0 Å². The Labute approximate surface area is 149 Å². The molecule has 2 rings (SSSR count). The van der Waals surface area contributed by atoms with Crippen LogP contribution in [0.5, 0.6) is 0 Å². The van der Waals surface area contributed by atoms with Crippen LogP contribution in [0.15, 0.2) is 52.5 Å². The molecule has 0 amide bonds. The van der Waals surface area contributed by atoms with Crippen molar-refractivity contribution in [3.8, 4) is 0 Å². The molecule has 7 heteroatoms. The fourth-order valence-corrected chi connectivity index (χ4v) is 3.46. The van der Waals surface area contributed by atoms with Gasteiger partial charge in [0.2, 0.25) is 0 Å². The highest BCUT2D eigenvalue weighted by atomic mass is 32.2. The Bertz CT molecular complexity index is 833. The predicted molar refractivity (Wildman–Crippen MR) is 100 cm³/mol. The summed E-state index contributed by atoms with van der Waals surface area (Å²) in [5, 5.41) is 6.47. The molecule has 2 aromatic rings. The topological polar surface area (TPSA) is 83.4 Å². The minimum Gasteiger partial charge on any atom is -0.356 e. The Morgan fingerprint density at radius 2 is 2.00 bits per heavy atom. The Balaban J connectivity index is 1.87. The van der Waals surface area contributed by atoms with Crippen LogP contribution in [-0.2, 0) is 22.8 Å². The van der Waals surface area contributed by atoms with E-state index in [2.05, 4.69) is 20.6 Å². The first-order chi connectivity index (χ1) is 11.9. The molecule has 0 saturated heterocycles. The monoisotopic (exact) mass is 360 g/mol. The minimum atomic E-state index is -3.19. The summed E-state index contributed by atoms with van der Waals surface area (Å²) in [5.41, 5.74) is 2.77. The fourth-order valence-electron chi connectivity index (χ4n) is 2.50. The molecule has 0 radical (unpaired) electrons. The van der Waals surface area contributed by atoms with Crippen LogP contribution in [0.25, 0.3) is 0 Å². The van der Waals surface area contributed by atoms with Crippen molar-refractivity contribution in [2.75, 3.05) is 19.8 Å². The molecule has 1 heterocycles. The SMILES string of the molecule is CN=C(NCCc1ccccn1)NCc1ccc(S(C)(=O)=O)c(C)c1. The van der Waals surface area contributed by atoms with E-state index in [1.54, 1.807) is 26.2 Å². The van der Waals surface area contributed by atoms with Gasteiger partial charge in [-0.15, -0.1) is 0 Å². The molecule has 134 valence electrons. The van der Waals surface area contributed by atoms with Crippen LogP contribution in [0.3, 0.4) is 0 Å². The van der Waals surface area contributed by atoms with E-state index in [0.29, 0.717) is 17.4 Å². The highest BCUT2D eigenvalue weighted by Crippen LogP contribution is 2.16. The van der Waals surface area contributed by atoms with E-state index < -0.39 is 9.84 Å². The molecule has 0 aliphatic rings. The molecule has 25 heavy (non-hydrogen) atoms. The largest absolute Gasteiger partial charge is 0.356 e. The summed E-state index contributed by atoms with van der Waals surface area (Å²) in [5.74, 6) is 0.695. The summed E-state index contributed by atoms with van der Waals surface area (Å²) in [4.78, 5) is 8.84. The number of pyridine rings is 1. The lowest BCUT2D eigenvalue weighted by molar-refractivity contribution is 0.601. The lowest BCUT2D eigenvalue weighted by Gasteiger charge is -2.13. The average Bonchev–Trinajstić information content (AvgIpc) is 2.57. The highest BCUT2D eigenvalue weighted by Gasteiger charge is 2.10. The van der Waals surface area contributed by atoms with Crippen LogP contribution < -0.4 is 10.6 Å². The molecule has 0 spiro atoms. The van der Waals surface area contributed by atoms with Crippen molar-refractivity contribution in [2.45, 2.75) is 24.8 Å². The molecule has 1 aromatic carbocycles. The first-order valence-electron chi connectivity index (χ1n) is 8.04. The Hall–Kier alpha value is -2.41. The van der Waals surface area contributed by atoms with Crippen molar-refractivity contribution in [3.63, 3.8) is 0 Å². The number of benzene rings is 1. The van der Waals surface area contributed by atoms with Gasteiger partial charge in [0.05, 0.1) is 4.90 Å². The summed E-state index contributed by atoms with van der Waals surface area (Å²) in [6.07, 6.45) is 3.81. The Kier molecular flexibility index (Phi) is 6.52. The standard InChI is InChI=1S/C18H24N4O2S/c1-14-12-15(7-8-17(14)25(3,23)24)13-22-18(19-2)21-11-9-16-6-4-5-10-20-16/h4-8,10,12H,9,11,13H2,1-3H3,(H2,19,21,22). The first-order valence-corrected chi connectivity index (χ1v) is 9.93. The second-order valence-electron chi connectivity index (χ2n) is 5.80. The molecule has 1 aromatic heterocycles. The summed E-state index contributed by atoms with van der Waals surface area (Å²) in [6.45, 7) is 3.09. The third-order valence-corrected chi connectivity index (χ3v) is 4.98. The van der Waals surface area contributed by atoms with Gasteiger partial charge in [-0.2, -0.15) is 0 Å². The van der Waals surface area contributed by atoms with Crippen molar-refractivity contribution in [1.29, 1.82) is 0 Å². The molecule has 0 aliphatic heterocycles. The lowest BCUT2D eigenvalue weighted by Crippen LogP contribution is -2.37. The number of nitrogens with one attached hydrogen (secondary N) is 2. The summed E-state index contributed by atoms with van der Waals surface area (Å²) in [6, 6.07) is 11.2. The van der Waals surface area contributed by atoms with E-state index >= 15 is 0 Å². The maximum Gasteiger partial charge on any atom is 0.191 e. The molecular weight excluding hydrogens is 336 g/mol. The Morgan fingerprint density at radius 3 is 2.60 bits per heavy atom. The molecule has 0 unspecified atom stereocenters. The number of hydrogen-bond acceptors (Lipinski definition) is 4. The molecule has 0 atom stereocenters. The normalized spacial score (nSPS) is 12.0. The molecule has 0 aliphatic carbocycles. The average molecular weight is 360 g/mol. The molecule has 0 bridgehead atoms. The van der Waals surface area contributed by atoms with Crippen LogP contribution in [-0.4, -0.2) is 39.2 Å². The summed E-state index contributed by atoms with van der Waals surface area (Å²) < 4.78 is 23.3. The second-order valence-corrected chi connectivity index (χ2v) is 7.78. The Morgan fingerprint density at radius 1 is 1.20 bits per heavy atom. The summed E-state index contributed by atoms with van der Waals surface area (Å²) >= 11 is 0. The second kappa shape index (κ2) is 8.62. The van der Waals surface area contributed by atoms with Gasteiger partial charge >= 0.3 is 0 Å². The van der Waals surface area contributed by atoms with Gasteiger partial charge in [-0.3, -0.25) is 9.98 Å². The fraction of sp³-hybridized carbons (Fsp3) is 0.333. The van der Waals surface area contributed by atoms with Gasteiger partial charge in [-0.25, -0.2) is 8.42 Å². The number of guanidine groups is 1. The highest BCUT2D eigenvalue weighted by molar-refractivity contribution is 7.90. The van der Waals surface area contributed by atoms with Gasteiger partial charge in [0.25, 0.3) is 0 Å². The van der Waals surface area contributed by atoms with Gasteiger partial charge < -0.3 is 10.6 Å². The van der Waals surface area contributed by atoms with Crippen molar-refractivity contribution in [3.05, 3.63) is 59.4 Å². The van der Waals surface area contributed by atoms with E-state index in [1.807, 2.05) is 30.3 Å². The smallest absolute Gasteiger partial charge is 0.191 e. The van der Waals surface area contributed by atoms with Gasteiger partial charge in [-0.05, 0) is 36.2 Å². The van der Waals surface area contributed by atoms with Gasteiger partial charge in [-0.1, -0.05) is 18.2 Å². The minimum absolute atomic E-state index is 0.370. The van der Waals surface area contributed by atoms with E-state index in [1.165, 1.54) is 6.26 Å². The van der Waals surface area contributed by atoms with Gasteiger partial charge in [0.1, 0.15) is 0 Å². The van der Waals surface area contributed by atoms with Gasteiger partial charge in [0.15, 0.2) is 15.8 Å². The van der Waals surface area contributed by atoms with Crippen LogP contribution in [0.2, 0.25) is 0 Å². The number of nitrogens with zero attached hydrogens (tertiary/aromatic N) is 2. The third kappa shape index (κ3) is 5.86. The van der Waals surface area contributed by atoms with Crippen molar-refractivity contribution in [2.24, 2.45) is 4.99 Å². The van der Waals surface area contributed by atoms with E-state index in [0.717, 1.165) is 29.8 Å². The van der Waals surface area contributed by atoms with Crippen LogP contribution in [0, 0.1) is 6.92 Å². The number of rotatable bonds is 6. The van der Waals surface area contributed by atoms with E-state index in [4.69, 9.17) is 0 Å². The molecule has 0 saturated carbocycles. The van der Waals surface area contributed by atoms with Crippen molar-refractivity contribution >= 4 is 15.8 Å². The predicted octanol–water partition coefficient (Wildman–Crippen LogP) is 1.70. The van der Waals surface area contributed by atoms with Crippen molar-refractivity contribution < 1.29 is 8.42 Å². The number of aromatic nitrogens is 1. The zero-order valence-electron chi connectivity index (χ0n) is 14.8. The van der Waals surface area contributed by atoms with Crippen LogP contribution >= 0.6 is 0 Å². The molecular formula is C18H24N4O2S. The zero-order valence-corrected chi connectivity index (χ0v) is 15.6. The number of sulfone groups is 1. The molecule has 0 fully saturated rings. The number of aliphatic imine (C=N–C) groups is 1. The third-order valence-electron chi connectivity index (χ3n) is 3.72. The molecule has 2 N–H and O–H groups in total. The quantitative estimate of drug-likeness (QED) is 0.605. The number of aryl methyl sites for hydroxylation is 1. The maximum absolute atomic E-state index is 11.7. The van der Waals surface area contributed by atoms with E-state index in [9.17, 15) is 8.42 Å². The van der Waals surface area contributed by atoms with Crippen LogP contribution in [0.1, 0.15) is 16.8 Å². The van der Waals surface area contributed by atoms with Crippen molar-refractivity contribution in [1.82, 2.24) is 15.6 Å².